The van der Waals surface area contributed by atoms with Crippen molar-refractivity contribution in [2.24, 2.45) is 12.8 Å². The van der Waals surface area contributed by atoms with Crippen LogP contribution in [0.4, 0.5) is 5.95 Å². The van der Waals surface area contributed by atoms with Crippen LogP contribution >= 0.6 is 0 Å². The van der Waals surface area contributed by atoms with Crippen LogP contribution in [-0.4, -0.2) is 52.4 Å². The Morgan fingerprint density at radius 2 is 1.96 bits per heavy atom. The number of carbonyl (C=O) groups is 2. The Morgan fingerprint density at radius 3 is 2.65 bits per heavy atom. The highest BCUT2D eigenvalue weighted by atomic mass is 16.2. The molecule has 2 aromatic rings. The van der Waals surface area contributed by atoms with Gasteiger partial charge in [0.1, 0.15) is 5.52 Å². The molecule has 3 rings (SSSR count). The third kappa shape index (κ3) is 2.74. The number of nitrogens with zero attached hydrogens (tertiary/aromatic N) is 4. The van der Waals surface area contributed by atoms with E-state index in [0.717, 1.165) is 37.5 Å². The molecule has 0 unspecified atom stereocenters. The Hall–Kier alpha value is -2.57. The lowest BCUT2D eigenvalue weighted by Crippen LogP contribution is -2.34. The summed E-state index contributed by atoms with van der Waals surface area (Å²) in [6.45, 7) is 4.60. The Morgan fingerprint density at radius 1 is 1.17 bits per heavy atom. The van der Waals surface area contributed by atoms with E-state index >= 15 is 0 Å². The molecule has 1 aromatic carbocycles. The number of nitrogens with two attached hydrogens (primary N) is 1. The van der Waals surface area contributed by atoms with E-state index in [9.17, 15) is 9.59 Å². The number of anilines is 1. The molecule has 0 radical (unpaired) electrons. The number of primary amides is 1. The molecule has 0 spiro atoms. The minimum atomic E-state index is -0.473. The third-order valence-electron chi connectivity index (χ3n) is 4.38. The number of benzene rings is 1. The van der Waals surface area contributed by atoms with E-state index < -0.39 is 5.91 Å². The van der Waals surface area contributed by atoms with E-state index in [1.807, 2.05) is 28.6 Å². The molecule has 23 heavy (non-hydrogen) atoms. The van der Waals surface area contributed by atoms with Crippen molar-refractivity contribution in [3.05, 3.63) is 23.8 Å². The first kappa shape index (κ1) is 15.3. The van der Waals surface area contributed by atoms with Gasteiger partial charge >= 0.3 is 0 Å². The quantitative estimate of drug-likeness (QED) is 0.885. The summed E-state index contributed by atoms with van der Waals surface area (Å²) < 4.78 is 1.98. The average Bonchev–Trinajstić information content (AvgIpc) is 2.72. The normalized spacial score (nSPS) is 15.7. The number of hydrogen-bond acceptors (Lipinski definition) is 4. The summed E-state index contributed by atoms with van der Waals surface area (Å²) in [5.41, 5.74) is 7.39. The number of fused-ring (bicyclic) bond motifs is 1. The molecule has 0 atom stereocenters. The molecule has 0 bridgehead atoms. The average molecular weight is 315 g/mol. The largest absolute Gasteiger partial charge is 0.366 e. The van der Waals surface area contributed by atoms with Gasteiger partial charge in [-0.25, -0.2) is 4.98 Å². The fourth-order valence-electron chi connectivity index (χ4n) is 3.12. The maximum Gasteiger partial charge on any atom is 0.250 e. The number of rotatable bonds is 2. The predicted octanol–water partition coefficient (Wildman–Crippen LogP) is 0.731. The number of imidazole rings is 1. The van der Waals surface area contributed by atoms with Crippen LogP contribution in [0.1, 0.15) is 23.7 Å². The summed E-state index contributed by atoms with van der Waals surface area (Å²) in [7, 11) is 1.93. The second-order valence-electron chi connectivity index (χ2n) is 5.86. The van der Waals surface area contributed by atoms with E-state index in [4.69, 9.17) is 5.73 Å². The maximum atomic E-state index is 11.6. The topological polar surface area (TPSA) is 84.5 Å². The molecule has 0 aliphatic carbocycles. The fraction of sp³-hybridized carbons (Fsp3) is 0.438. The molecule has 0 saturated carbocycles. The number of aromatic nitrogens is 2. The minimum absolute atomic E-state index is 0.105. The van der Waals surface area contributed by atoms with Crippen LogP contribution in [0, 0.1) is 0 Å². The van der Waals surface area contributed by atoms with Gasteiger partial charge in [0.2, 0.25) is 11.9 Å². The second-order valence-corrected chi connectivity index (χ2v) is 5.86. The molecule has 1 aliphatic rings. The zero-order valence-electron chi connectivity index (χ0n) is 13.5. The van der Waals surface area contributed by atoms with E-state index in [-0.39, 0.29) is 5.91 Å². The summed E-state index contributed by atoms with van der Waals surface area (Å²) in [5.74, 6) is 0.436. The second kappa shape index (κ2) is 5.91. The highest BCUT2D eigenvalue weighted by Gasteiger charge is 2.22. The molecule has 7 nitrogen and oxygen atoms in total. The van der Waals surface area contributed by atoms with Crippen LogP contribution < -0.4 is 10.6 Å². The summed E-state index contributed by atoms with van der Waals surface area (Å²) in [6.07, 6.45) is 0.894. The molecule has 1 aliphatic heterocycles. The van der Waals surface area contributed by atoms with Crippen molar-refractivity contribution >= 4 is 28.8 Å². The first-order chi connectivity index (χ1) is 11.0. The SMILES string of the molecule is CC(=O)N1CCCN(c2nc3c(C(N)=O)cccc3n2C)CC1. The lowest BCUT2D eigenvalue weighted by Gasteiger charge is -2.22. The van der Waals surface area contributed by atoms with Gasteiger partial charge in [-0.05, 0) is 18.6 Å². The van der Waals surface area contributed by atoms with Crippen LogP contribution in [-0.2, 0) is 11.8 Å². The standard InChI is InChI=1S/C16H21N5O2/c1-11(22)20-7-4-8-21(10-9-20)16-18-14-12(15(17)23)5-3-6-13(14)19(16)2/h3,5-6H,4,7-10H2,1-2H3,(H2,17,23). The number of amides is 2. The van der Waals surface area contributed by atoms with Crippen LogP contribution in [0.3, 0.4) is 0 Å². The monoisotopic (exact) mass is 315 g/mol. The summed E-state index contributed by atoms with van der Waals surface area (Å²) in [5, 5.41) is 0. The molecule has 1 aromatic heterocycles. The lowest BCUT2D eigenvalue weighted by molar-refractivity contribution is -0.128. The predicted molar refractivity (Wildman–Crippen MR) is 88.3 cm³/mol. The lowest BCUT2D eigenvalue weighted by atomic mass is 10.2. The molecule has 2 heterocycles. The molecule has 122 valence electrons. The van der Waals surface area contributed by atoms with Crippen molar-refractivity contribution in [1.82, 2.24) is 14.5 Å². The molecule has 2 amide bonds. The maximum absolute atomic E-state index is 11.6. The molecule has 1 fully saturated rings. The number of hydrogen-bond donors (Lipinski definition) is 1. The van der Waals surface area contributed by atoms with Crippen LogP contribution in [0.2, 0.25) is 0 Å². The first-order valence-corrected chi connectivity index (χ1v) is 7.74. The van der Waals surface area contributed by atoms with Gasteiger partial charge in [-0.15, -0.1) is 0 Å². The smallest absolute Gasteiger partial charge is 0.250 e. The van der Waals surface area contributed by atoms with Gasteiger partial charge in [-0.1, -0.05) is 6.07 Å². The number of para-hydroxylation sites is 1. The van der Waals surface area contributed by atoms with E-state index in [2.05, 4.69) is 9.88 Å². The van der Waals surface area contributed by atoms with Crippen LogP contribution in [0.25, 0.3) is 11.0 Å². The van der Waals surface area contributed by atoms with Crippen molar-refractivity contribution in [3.8, 4) is 0 Å². The van der Waals surface area contributed by atoms with Crippen LogP contribution in [0.15, 0.2) is 18.2 Å². The molecular formula is C16H21N5O2. The highest BCUT2D eigenvalue weighted by Crippen LogP contribution is 2.24. The molecular weight excluding hydrogens is 294 g/mol. The number of aryl methyl sites for hydroxylation is 1. The summed E-state index contributed by atoms with van der Waals surface area (Å²) in [6, 6.07) is 5.44. The first-order valence-electron chi connectivity index (χ1n) is 7.74. The van der Waals surface area contributed by atoms with Crippen molar-refractivity contribution < 1.29 is 9.59 Å². The molecule has 1 saturated heterocycles. The zero-order valence-corrected chi connectivity index (χ0v) is 13.5. The molecule has 7 heteroatoms. The summed E-state index contributed by atoms with van der Waals surface area (Å²) in [4.78, 5) is 31.8. The Bertz CT molecular complexity index is 767. The van der Waals surface area contributed by atoms with Crippen molar-refractivity contribution in [3.63, 3.8) is 0 Å². The van der Waals surface area contributed by atoms with Crippen molar-refractivity contribution in [2.45, 2.75) is 13.3 Å². The Kier molecular flexibility index (Phi) is 3.94. The molecule has 2 N–H and O–H groups in total. The van der Waals surface area contributed by atoms with Crippen molar-refractivity contribution in [1.29, 1.82) is 0 Å². The minimum Gasteiger partial charge on any atom is -0.366 e. The van der Waals surface area contributed by atoms with Gasteiger partial charge in [-0.2, -0.15) is 0 Å². The Labute approximate surface area is 134 Å². The van der Waals surface area contributed by atoms with E-state index in [1.165, 1.54) is 0 Å². The van der Waals surface area contributed by atoms with E-state index in [1.54, 1.807) is 13.0 Å². The number of carbonyl (C=O) groups excluding carboxylic acids is 2. The zero-order chi connectivity index (χ0) is 16.6. The van der Waals surface area contributed by atoms with Crippen molar-refractivity contribution in [2.75, 3.05) is 31.1 Å². The van der Waals surface area contributed by atoms with Gasteiger partial charge in [0.25, 0.3) is 5.91 Å². The highest BCUT2D eigenvalue weighted by molar-refractivity contribution is 6.04. The van der Waals surface area contributed by atoms with Gasteiger partial charge in [0, 0.05) is 40.2 Å². The van der Waals surface area contributed by atoms with Crippen LogP contribution in [0.5, 0.6) is 0 Å². The Balaban J connectivity index is 1.97. The summed E-state index contributed by atoms with van der Waals surface area (Å²) >= 11 is 0. The van der Waals surface area contributed by atoms with Gasteiger partial charge in [0.15, 0.2) is 0 Å². The third-order valence-corrected chi connectivity index (χ3v) is 4.38. The van der Waals surface area contributed by atoms with Gasteiger partial charge < -0.3 is 20.1 Å². The van der Waals surface area contributed by atoms with Gasteiger partial charge in [-0.3, -0.25) is 9.59 Å². The fourth-order valence-corrected chi connectivity index (χ4v) is 3.12. The van der Waals surface area contributed by atoms with E-state index in [0.29, 0.717) is 17.6 Å². The van der Waals surface area contributed by atoms with Gasteiger partial charge in [0.05, 0.1) is 11.1 Å².